The van der Waals surface area contributed by atoms with E-state index in [1.807, 2.05) is 0 Å². The Bertz CT molecular complexity index is 831. The first-order chi connectivity index (χ1) is 12.7. The van der Waals surface area contributed by atoms with Crippen LogP contribution in [-0.2, 0) is 6.18 Å². The Balaban J connectivity index is 1.91. The van der Waals surface area contributed by atoms with Crippen molar-refractivity contribution in [2.45, 2.75) is 38.9 Å². The first-order valence-electron chi connectivity index (χ1n) is 8.95. The number of carbonyl (C=O) groups is 1. The summed E-state index contributed by atoms with van der Waals surface area (Å²) in [7, 11) is 0. The molecule has 8 heteroatoms. The van der Waals surface area contributed by atoms with Crippen LogP contribution < -0.4 is 5.73 Å². The van der Waals surface area contributed by atoms with E-state index in [1.54, 1.807) is 11.8 Å². The van der Waals surface area contributed by atoms with Gasteiger partial charge in [-0.3, -0.25) is 4.79 Å². The van der Waals surface area contributed by atoms with E-state index in [0.29, 0.717) is 30.3 Å². The van der Waals surface area contributed by atoms with Crippen LogP contribution in [0.2, 0.25) is 0 Å². The Morgan fingerprint density at radius 2 is 2.11 bits per heavy atom. The van der Waals surface area contributed by atoms with Crippen molar-refractivity contribution in [3.63, 3.8) is 0 Å². The molecule has 1 aliphatic heterocycles. The number of carbonyl (C=O) groups excluding carboxylic acids is 1. The molecule has 2 unspecified atom stereocenters. The van der Waals surface area contributed by atoms with Gasteiger partial charge in [-0.25, -0.2) is 4.68 Å². The predicted molar refractivity (Wildman–Crippen MR) is 95.6 cm³/mol. The molecule has 1 amide bonds. The molecule has 3 rings (SSSR count). The number of piperidine rings is 1. The van der Waals surface area contributed by atoms with E-state index in [4.69, 9.17) is 5.73 Å². The smallest absolute Gasteiger partial charge is 0.334 e. The summed E-state index contributed by atoms with van der Waals surface area (Å²) in [5.41, 5.74) is 6.25. The standard InChI is InChI=1S/C19H23F3N4O/c1-12-6-7-25(16(8-12)10-23)18(27)17-11-24-26(13(17)2)15-5-3-4-14(9-15)19(20,21)22/h3-5,9,11-12,16H,6-8,10,23H2,1-2H3. The fraction of sp³-hybridized carbons (Fsp3) is 0.474. The van der Waals surface area contributed by atoms with Gasteiger partial charge in [0.05, 0.1) is 28.7 Å². The highest BCUT2D eigenvalue weighted by Gasteiger charge is 2.32. The largest absolute Gasteiger partial charge is 0.416 e. The number of nitrogens with two attached hydrogens (primary N) is 1. The van der Waals surface area contributed by atoms with Gasteiger partial charge in [-0.2, -0.15) is 18.3 Å². The number of hydrogen-bond donors (Lipinski definition) is 1. The monoisotopic (exact) mass is 380 g/mol. The fourth-order valence-electron chi connectivity index (χ4n) is 3.59. The van der Waals surface area contributed by atoms with Gasteiger partial charge in [0.25, 0.3) is 5.91 Å². The number of likely N-dealkylation sites (tertiary alicyclic amines) is 1. The summed E-state index contributed by atoms with van der Waals surface area (Å²) in [4.78, 5) is 14.8. The summed E-state index contributed by atoms with van der Waals surface area (Å²) in [5, 5.41) is 4.16. The number of rotatable bonds is 3. The third-order valence-electron chi connectivity index (χ3n) is 5.17. The minimum atomic E-state index is -4.44. The highest BCUT2D eigenvalue weighted by atomic mass is 19.4. The first kappa shape index (κ1) is 19.4. The Morgan fingerprint density at radius 3 is 2.78 bits per heavy atom. The quantitative estimate of drug-likeness (QED) is 0.888. The van der Waals surface area contributed by atoms with Gasteiger partial charge >= 0.3 is 6.18 Å². The summed E-state index contributed by atoms with van der Waals surface area (Å²) in [6.45, 7) is 4.83. The molecule has 1 fully saturated rings. The molecule has 2 heterocycles. The Kier molecular flexibility index (Phi) is 5.28. The van der Waals surface area contributed by atoms with Gasteiger partial charge in [-0.15, -0.1) is 0 Å². The van der Waals surface area contributed by atoms with E-state index in [0.717, 1.165) is 25.0 Å². The first-order valence-corrected chi connectivity index (χ1v) is 8.95. The van der Waals surface area contributed by atoms with Crippen molar-refractivity contribution in [3.8, 4) is 5.69 Å². The molecular formula is C19H23F3N4O. The molecule has 5 nitrogen and oxygen atoms in total. The van der Waals surface area contributed by atoms with E-state index in [9.17, 15) is 18.0 Å². The van der Waals surface area contributed by atoms with Crippen LogP contribution in [0.3, 0.4) is 0 Å². The second kappa shape index (κ2) is 7.34. The Hall–Kier alpha value is -2.35. The van der Waals surface area contributed by atoms with Crippen LogP contribution in [0.15, 0.2) is 30.5 Å². The molecule has 27 heavy (non-hydrogen) atoms. The zero-order valence-corrected chi connectivity index (χ0v) is 15.3. The number of aromatic nitrogens is 2. The van der Waals surface area contributed by atoms with Crippen molar-refractivity contribution in [2.75, 3.05) is 13.1 Å². The average Bonchev–Trinajstić information content (AvgIpc) is 3.02. The third-order valence-corrected chi connectivity index (χ3v) is 5.17. The molecule has 1 aromatic carbocycles. The van der Waals surface area contributed by atoms with Gasteiger partial charge in [0.15, 0.2) is 0 Å². The molecule has 2 N–H and O–H groups in total. The van der Waals surface area contributed by atoms with E-state index in [-0.39, 0.29) is 17.6 Å². The van der Waals surface area contributed by atoms with Crippen LogP contribution in [0, 0.1) is 12.8 Å². The Labute approximate surface area is 155 Å². The lowest BCUT2D eigenvalue weighted by molar-refractivity contribution is -0.137. The van der Waals surface area contributed by atoms with Crippen LogP contribution in [0.1, 0.15) is 41.4 Å². The molecule has 0 bridgehead atoms. The highest BCUT2D eigenvalue weighted by molar-refractivity contribution is 5.95. The maximum absolute atomic E-state index is 13.0. The topological polar surface area (TPSA) is 64.2 Å². The normalized spacial score (nSPS) is 20.7. The summed E-state index contributed by atoms with van der Waals surface area (Å²) >= 11 is 0. The number of halogens is 3. The van der Waals surface area contributed by atoms with Crippen LogP contribution in [0.5, 0.6) is 0 Å². The van der Waals surface area contributed by atoms with E-state index < -0.39 is 11.7 Å². The van der Waals surface area contributed by atoms with Crippen molar-refractivity contribution in [2.24, 2.45) is 11.7 Å². The zero-order chi connectivity index (χ0) is 19.8. The average molecular weight is 380 g/mol. The third kappa shape index (κ3) is 3.85. The second-order valence-electron chi connectivity index (χ2n) is 7.12. The molecule has 1 aromatic heterocycles. The summed E-state index contributed by atoms with van der Waals surface area (Å²) in [5.74, 6) is 0.338. The van der Waals surface area contributed by atoms with Crippen LogP contribution in [0.25, 0.3) is 5.69 Å². The number of benzene rings is 1. The summed E-state index contributed by atoms with van der Waals surface area (Å²) < 4.78 is 40.3. The van der Waals surface area contributed by atoms with E-state index >= 15 is 0 Å². The van der Waals surface area contributed by atoms with Crippen molar-refractivity contribution in [1.29, 1.82) is 0 Å². The van der Waals surface area contributed by atoms with Crippen LogP contribution in [-0.4, -0.2) is 39.7 Å². The molecule has 0 saturated carbocycles. The number of nitrogens with zero attached hydrogens (tertiary/aromatic N) is 3. The van der Waals surface area contributed by atoms with Gasteiger partial charge in [0.1, 0.15) is 0 Å². The van der Waals surface area contributed by atoms with Crippen LogP contribution >= 0.6 is 0 Å². The second-order valence-corrected chi connectivity index (χ2v) is 7.12. The SMILES string of the molecule is Cc1c(C(=O)N2CCC(C)CC2CN)cnn1-c1cccc(C(F)(F)F)c1. The molecule has 2 aromatic rings. The minimum absolute atomic E-state index is 0.0300. The maximum atomic E-state index is 13.0. The van der Waals surface area contributed by atoms with E-state index in [2.05, 4.69) is 12.0 Å². The molecular weight excluding hydrogens is 357 g/mol. The molecule has 146 valence electrons. The summed E-state index contributed by atoms with van der Waals surface area (Å²) in [6.07, 6.45) is -1.26. The molecule has 0 aliphatic carbocycles. The lowest BCUT2D eigenvalue weighted by Gasteiger charge is -2.38. The van der Waals surface area contributed by atoms with Crippen molar-refractivity contribution in [1.82, 2.24) is 14.7 Å². The molecule has 1 aliphatic rings. The zero-order valence-electron chi connectivity index (χ0n) is 15.3. The molecule has 1 saturated heterocycles. The maximum Gasteiger partial charge on any atom is 0.416 e. The highest BCUT2D eigenvalue weighted by Crippen LogP contribution is 2.31. The molecule has 2 atom stereocenters. The number of alkyl halides is 3. The minimum Gasteiger partial charge on any atom is -0.334 e. The summed E-state index contributed by atoms with van der Waals surface area (Å²) in [6, 6.07) is 4.87. The lowest BCUT2D eigenvalue weighted by Crippen LogP contribution is -2.49. The van der Waals surface area contributed by atoms with Gasteiger partial charge in [-0.1, -0.05) is 13.0 Å². The van der Waals surface area contributed by atoms with Gasteiger partial charge in [-0.05, 0) is 43.9 Å². The number of amides is 1. The number of hydrogen-bond acceptors (Lipinski definition) is 3. The van der Waals surface area contributed by atoms with Crippen molar-refractivity contribution >= 4 is 5.91 Å². The molecule has 0 radical (unpaired) electrons. The van der Waals surface area contributed by atoms with Gasteiger partial charge < -0.3 is 10.6 Å². The van der Waals surface area contributed by atoms with E-state index in [1.165, 1.54) is 23.0 Å². The van der Waals surface area contributed by atoms with Gasteiger partial charge in [0, 0.05) is 19.1 Å². The van der Waals surface area contributed by atoms with Gasteiger partial charge in [0.2, 0.25) is 0 Å². The fourth-order valence-corrected chi connectivity index (χ4v) is 3.59. The Morgan fingerprint density at radius 1 is 1.37 bits per heavy atom. The van der Waals surface area contributed by atoms with Crippen molar-refractivity contribution in [3.05, 3.63) is 47.3 Å². The molecule has 0 spiro atoms. The van der Waals surface area contributed by atoms with Crippen LogP contribution in [0.4, 0.5) is 13.2 Å². The predicted octanol–water partition coefficient (Wildman–Crippen LogP) is 3.40. The lowest BCUT2D eigenvalue weighted by atomic mass is 9.92. The van der Waals surface area contributed by atoms with Crippen molar-refractivity contribution < 1.29 is 18.0 Å².